The first-order valence-corrected chi connectivity index (χ1v) is 8.73. The molecule has 0 atom stereocenters. The van der Waals surface area contributed by atoms with Gasteiger partial charge in [0.25, 0.3) is 0 Å². The summed E-state index contributed by atoms with van der Waals surface area (Å²) < 4.78 is 57.8. The van der Waals surface area contributed by atoms with E-state index < -0.39 is 26.6 Å². The van der Waals surface area contributed by atoms with Crippen molar-refractivity contribution in [3.8, 4) is 0 Å². The smallest absolute Gasteiger partial charge is 0.244 e. The van der Waals surface area contributed by atoms with Gasteiger partial charge < -0.3 is 4.74 Å². The summed E-state index contributed by atoms with van der Waals surface area (Å²) in [5, 5.41) is 0. The zero-order valence-electron chi connectivity index (χ0n) is 11.8. The highest BCUT2D eigenvalue weighted by Gasteiger charge is 2.23. The van der Waals surface area contributed by atoms with Crippen molar-refractivity contribution in [3.63, 3.8) is 0 Å². The number of hydrogen-bond donors (Lipinski definition) is 1. The second-order valence-electron chi connectivity index (χ2n) is 4.89. The van der Waals surface area contributed by atoms with Crippen molar-refractivity contribution < 1.29 is 21.9 Å². The Labute approximate surface area is 132 Å². The molecular weight excluding hydrogens is 368 g/mol. The van der Waals surface area contributed by atoms with Crippen molar-refractivity contribution in [1.29, 1.82) is 0 Å². The van der Waals surface area contributed by atoms with E-state index in [-0.39, 0.29) is 17.6 Å². The molecule has 0 fully saturated rings. The van der Waals surface area contributed by atoms with Crippen molar-refractivity contribution in [1.82, 2.24) is 4.72 Å². The summed E-state index contributed by atoms with van der Waals surface area (Å²) in [6, 6.07) is 1.43. The maximum absolute atomic E-state index is 13.6. The van der Waals surface area contributed by atoms with E-state index in [4.69, 9.17) is 4.74 Å². The Bertz CT molecular complexity index is 556. The van der Waals surface area contributed by atoms with Crippen LogP contribution in [0.15, 0.2) is 21.5 Å². The van der Waals surface area contributed by atoms with Gasteiger partial charge in [0.1, 0.15) is 16.5 Å². The van der Waals surface area contributed by atoms with Gasteiger partial charge in [-0.2, -0.15) is 0 Å². The van der Waals surface area contributed by atoms with Crippen LogP contribution in [0.25, 0.3) is 0 Å². The van der Waals surface area contributed by atoms with Crippen molar-refractivity contribution in [2.75, 3.05) is 19.8 Å². The van der Waals surface area contributed by atoms with Crippen LogP contribution < -0.4 is 4.72 Å². The molecule has 0 aromatic heterocycles. The van der Waals surface area contributed by atoms with E-state index in [1.165, 1.54) is 0 Å². The van der Waals surface area contributed by atoms with Crippen molar-refractivity contribution in [2.24, 2.45) is 5.92 Å². The normalized spacial score (nSPS) is 12.1. The lowest BCUT2D eigenvalue weighted by Gasteiger charge is -2.10. The predicted octanol–water partition coefficient (Wildman–Crippen LogP) is 3.07. The molecule has 0 unspecified atom stereocenters. The van der Waals surface area contributed by atoms with Crippen molar-refractivity contribution in [3.05, 3.63) is 28.2 Å². The van der Waals surface area contributed by atoms with Crippen LogP contribution in [0.3, 0.4) is 0 Å². The van der Waals surface area contributed by atoms with Gasteiger partial charge in [0.15, 0.2) is 0 Å². The van der Waals surface area contributed by atoms with Crippen LogP contribution in [-0.4, -0.2) is 28.2 Å². The third kappa shape index (κ3) is 5.98. The van der Waals surface area contributed by atoms with E-state index >= 15 is 0 Å². The van der Waals surface area contributed by atoms with Crippen molar-refractivity contribution >= 4 is 26.0 Å². The molecule has 21 heavy (non-hydrogen) atoms. The molecule has 1 aromatic rings. The molecule has 0 heterocycles. The monoisotopic (exact) mass is 385 g/mol. The van der Waals surface area contributed by atoms with E-state index in [2.05, 4.69) is 34.5 Å². The molecule has 8 heteroatoms. The van der Waals surface area contributed by atoms with Crippen LogP contribution in [0.4, 0.5) is 8.78 Å². The standard InChI is InChI=1S/C13H18BrF2NO3S/c1-9(2)3-5-20-6-4-17-21(18,19)13-11(14)7-10(15)8-12(13)16/h7-9,17H,3-6H2,1-2H3. The highest BCUT2D eigenvalue weighted by Crippen LogP contribution is 2.25. The molecule has 1 N–H and O–H groups in total. The Hall–Kier alpha value is -0.570. The highest BCUT2D eigenvalue weighted by atomic mass is 79.9. The molecule has 0 aliphatic carbocycles. The second kappa shape index (κ2) is 8.17. The van der Waals surface area contributed by atoms with Gasteiger partial charge in [-0.05, 0) is 34.3 Å². The fourth-order valence-electron chi connectivity index (χ4n) is 1.53. The Kier molecular flexibility index (Phi) is 7.19. The minimum absolute atomic E-state index is 0.0175. The number of rotatable bonds is 8. The zero-order valence-corrected chi connectivity index (χ0v) is 14.2. The van der Waals surface area contributed by atoms with Gasteiger partial charge in [-0.3, -0.25) is 0 Å². The molecule has 4 nitrogen and oxygen atoms in total. The molecule has 0 amide bonds. The fraction of sp³-hybridized carbons (Fsp3) is 0.538. The Balaban J connectivity index is 2.59. The lowest BCUT2D eigenvalue weighted by molar-refractivity contribution is 0.128. The maximum atomic E-state index is 13.6. The Morgan fingerprint density at radius 3 is 2.52 bits per heavy atom. The number of benzene rings is 1. The molecule has 0 bridgehead atoms. The van der Waals surface area contributed by atoms with Crippen LogP contribution in [0.2, 0.25) is 0 Å². The molecule has 0 spiro atoms. The van der Waals surface area contributed by atoms with Crippen LogP contribution in [0, 0.1) is 17.6 Å². The number of ether oxygens (including phenoxy) is 1. The lowest BCUT2D eigenvalue weighted by atomic mass is 10.1. The van der Waals surface area contributed by atoms with Gasteiger partial charge in [-0.25, -0.2) is 21.9 Å². The molecular formula is C13H18BrF2NO3S. The molecule has 1 aromatic carbocycles. The molecule has 0 radical (unpaired) electrons. The summed E-state index contributed by atoms with van der Waals surface area (Å²) >= 11 is 2.85. The summed E-state index contributed by atoms with van der Waals surface area (Å²) in [7, 11) is -4.06. The molecule has 0 aliphatic rings. The number of sulfonamides is 1. The highest BCUT2D eigenvalue weighted by molar-refractivity contribution is 9.10. The van der Waals surface area contributed by atoms with Crippen molar-refractivity contribution in [2.45, 2.75) is 25.2 Å². The lowest BCUT2D eigenvalue weighted by Crippen LogP contribution is -2.28. The fourth-order valence-corrected chi connectivity index (χ4v) is 3.70. The largest absolute Gasteiger partial charge is 0.380 e. The van der Waals surface area contributed by atoms with Gasteiger partial charge >= 0.3 is 0 Å². The quantitative estimate of drug-likeness (QED) is 0.699. The first kappa shape index (κ1) is 18.5. The minimum atomic E-state index is -4.06. The number of nitrogens with one attached hydrogen (secondary N) is 1. The van der Waals surface area contributed by atoms with Gasteiger partial charge in [0, 0.05) is 23.7 Å². The molecule has 0 saturated carbocycles. The van der Waals surface area contributed by atoms with Gasteiger partial charge in [-0.15, -0.1) is 0 Å². The summed E-state index contributed by atoms with van der Waals surface area (Å²) in [6.45, 7) is 4.85. The minimum Gasteiger partial charge on any atom is -0.380 e. The van der Waals surface area contributed by atoms with E-state index in [0.29, 0.717) is 18.6 Å². The zero-order chi connectivity index (χ0) is 16.0. The maximum Gasteiger partial charge on any atom is 0.244 e. The predicted molar refractivity (Wildman–Crippen MR) is 79.5 cm³/mol. The average Bonchev–Trinajstić information content (AvgIpc) is 2.31. The van der Waals surface area contributed by atoms with Crippen LogP contribution in [0.1, 0.15) is 20.3 Å². The van der Waals surface area contributed by atoms with Gasteiger partial charge in [-0.1, -0.05) is 13.8 Å². The third-order valence-corrected chi connectivity index (χ3v) is 5.03. The SMILES string of the molecule is CC(C)CCOCCNS(=O)(=O)c1c(F)cc(F)cc1Br. The van der Waals surface area contributed by atoms with Crippen LogP contribution in [-0.2, 0) is 14.8 Å². The summed E-state index contributed by atoms with van der Waals surface area (Å²) in [6.07, 6.45) is 0.880. The van der Waals surface area contributed by atoms with E-state index in [9.17, 15) is 17.2 Å². The topological polar surface area (TPSA) is 55.4 Å². The van der Waals surface area contributed by atoms with E-state index in [1.54, 1.807) is 0 Å². The summed E-state index contributed by atoms with van der Waals surface area (Å²) in [4.78, 5) is -0.605. The molecule has 0 aliphatic heterocycles. The van der Waals surface area contributed by atoms with Crippen LogP contribution >= 0.6 is 15.9 Å². The summed E-state index contributed by atoms with van der Waals surface area (Å²) in [5.74, 6) is -1.49. The van der Waals surface area contributed by atoms with Gasteiger partial charge in [0.05, 0.1) is 6.61 Å². The Morgan fingerprint density at radius 2 is 1.95 bits per heavy atom. The van der Waals surface area contributed by atoms with E-state index in [0.717, 1.165) is 12.5 Å². The number of hydrogen-bond acceptors (Lipinski definition) is 3. The average molecular weight is 386 g/mol. The second-order valence-corrected chi connectivity index (χ2v) is 7.45. The summed E-state index contributed by atoms with van der Waals surface area (Å²) in [5.41, 5.74) is 0. The third-order valence-electron chi connectivity index (χ3n) is 2.61. The Morgan fingerprint density at radius 1 is 1.29 bits per heavy atom. The molecule has 0 saturated heterocycles. The van der Waals surface area contributed by atoms with E-state index in [1.807, 2.05) is 0 Å². The molecule has 120 valence electrons. The molecule has 1 rings (SSSR count). The number of halogens is 3. The van der Waals surface area contributed by atoms with Gasteiger partial charge in [0.2, 0.25) is 10.0 Å². The first-order chi connectivity index (χ1) is 9.74. The van der Waals surface area contributed by atoms with Crippen LogP contribution in [0.5, 0.6) is 0 Å². The first-order valence-electron chi connectivity index (χ1n) is 6.46.